The van der Waals surface area contributed by atoms with Gasteiger partial charge < -0.3 is 45.0 Å². The van der Waals surface area contributed by atoms with Gasteiger partial charge in [-0.2, -0.15) is 0 Å². The Labute approximate surface area is 365 Å². The zero-order valence-electron chi connectivity index (χ0n) is 35.9. The molecule has 4 unspecified atom stereocenters. The van der Waals surface area contributed by atoms with Gasteiger partial charge in [0.2, 0.25) is 23.6 Å². The fourth-order valence-corrected chi connectivity index (χ4v) is 8.06. The van der Waals surface area contributed by atoms with E-state index in [-0.39, 0.29) is 63.0 Å². The van der Waals surface area contributed by atoms with E-state index in [1.54, 1.807) is 48.2 Å². The molecule has 0 aliphatic carbocycles. The second-order valence-electron chi connectivity index (χ2n) is 15.8. The summed E-state index contributed by atoms with van der Waals surface area (Å²) in [7, 11) is 1.49. The maximum Gasteiger partial charge on any atom is 0.253 e. The van der Waals surface area contributed by atoms with Crippen LogP contribution >= 0.6 is 0 Å². The van der Waals surface area contributed by atoms with Crippen LogP contribution in [0.15, 0.2) is 60.7 Å². The Balaban J connectivity index is 0.941. The number of carbonyl (C=O) groups excluding carboxylic acids is 7. The van der Waals surface area contributed by atoms with Crippen LogP contribution in [0.1, 0.15) is 75.3 Å². The van der Waals surface area contributed by atoms with Gasteiger partial charge in [-0.3, -0.25) is 33.7 Å². The number of anilines is 1. The molecule has 4 N–H and O–H groups in total. The van der Waals surface area contributed by atoms with Crippen LogP contribution in [0.4, 0.5) is 5.69 Å². The van der Waals surface area contributed by atoms with Gasteiger partial charge in [0.05, 0.1) is 49.1 Å². The second-order valence-corrected chi connectivity index (χ2v) is 15.8. The molecule has 2 aromatic carbocycles. The van der Waals surface area contributed by atoms with Gasteiger partial charge in [-0.25, -0.2) is 4.98 Å². The molecule has 1 aromatic heterocycles. The van der Waals surface area contributed by atoms with Gasteiger partial charge in [0, 0.05) is 54.8 Å². The van der Waals surface area contributed by atoms with Crippen LogP contribution in [-0.4, -0.2) is 107 Å². The minimum atomic E-state index is -1.72. The van der Waals surface area contributed by atoms with Crippen LogP contribution in [0.5, 0.6) is 5.75 Å². The lowest BCUT2D eigenvalue weighted by molar-refractivity contribution is -0.146. The molecule has 6 rings (SSSR count). The first-order valence-electron chi connectivity index (χ1n) is 21.2. The van der Waals surface area contributed by atoms with Gasteiger partial charge in [0.25, 0.3) is 11.8 Å². The molecule has 3 aliphatic rings. The summed E-state index contributed by atoms with van der Waals surface area (Å²) in [5.74, 6) is -3.09. The number of unbranched alkanes of at least 4 members (excludes halogenated alkanes) is 2. The number of hydrogen-bond acceptors (Lipinski definition) is 12. The first kappa shape index (κ1) is 46.2. The van der Waals surface area contributed by atoms with E-state index in [1.165, 1.54) is 26.2 Å². The van der Waals surface area contributed by atoms with Crippen LogP contribution in [0, 0.1) is 11.8 Å². The van der Waals surface area contributed by atoms with E-state index in [9.17, 15) is 38.7 Å². The topological polar surface area (TPSA) is 223 Å². The third-order valence-corrected chi connectivity index (χ3v) is 11.6. The van der Waals surface area contributed by atoms with E-state index in [0.29, 0.717) is 73.4 Å². The van der Waals surface area contributed by atoms with Crippen molar-refractivity contribution in [3.05, 3.63) is 83.1 Å². The molecule has 0 radical (unpaired) electrons. The first-order valence-corrected chi connectivity index (χ1v) is 21.2. The highest BCUT2D eigenvalue weighted by Crippen LogP contribution is 2.45. The molecule has 17 heteroatoms. The van der Waals surface area contributed by atoms with Gasteiger partial charge in [0.15, 0.2) is 13.1 Å². The average molecular weight is 867 g/mol. The Hall–Kier alpha value is -6.30. The SMILES string of the molecule is CCc1c2c(nc3ccc(OCOCc4ccc(NC(=O)C(C)NC(=O)CNC(=O)CCCCCN5C(=O)C=CC5=O)cc4)cc13)C1=CC(C(O)(C=O)CC)C(COC)C(=O)N1C2. The third kappa shape index (κ3) is 10.7. The van der Waals surface area contributed by atoms with Crippen molar-refractivity contribution < 1.29 is 52.9 Å². The molecule has 17 nitrogen and oxygen atoms in total. The van der Waals surface area contributed by atoms with Crippen molar-refractivity contribution in [3.63, 3.8) is 0 Å². The Bertz CT molecular complexity index is 2290. The summed E-state index contributed by atoms with van der Waals surface area (Å²) in [6.45, 7) is 5.86. The van der Waals surface area contributed by atoms with E-state index in [2.05, 4.69) is 16.0 Å². The van der Waals surface area contributed by atoms with Crippen LogP contribution in [-0.2, 0) is 62.6 Å². The number of rotatable bonds is 22. The third-order valence-electron chi connectivity index (χ3n) is 11.6. The molecule has 334 valence electrons. The number of carbonyl (C=O) groups is 7. The quantitative estimate of drug-likeness (QED) is 0.0495. The number of ether oxygens (including phenoxy) is 3. The van der Waals surface area contributed by atoms with Gasteiger partial charge in [-0.05, 0) is 74.1 Å². The van der Waals surface area contributed by atoms with Crippen molar-refractivity contribution in [3.8, 4) is 5.75 Å². The standard InChI is InChI=1S/C46H54N6O11/c1-5-32-33-20-31(15-16-37(33)50-43-34(32)23-52-38(43)21-36(46(60,6-2)26-53)35(25-61-4)45(52)59)63-27-62-24-29-11-13-30(14-12-29)49-44(58)28(3)48-40(55)22-47-39(54)10-8-7-9-19-51-41(56)17-18-42(51)57/h11-18,20-21,26,28,35-36,60H,5-10,19,22-25,27H2,1-4H3,(H,47,54)(H,48,55)(H,49,58). The van der Waals surface area contributed by atoms with Gasteiger partial charge >= 0.3 is 0 Å². The van der Waals surface area contributed by atoms with Crippen molar-refractivity contribution in [2.24, 2.45) is 11.8 Å². The number of amides is 6. The molecule has 0 saturated carbocycles. The minimum absolute atomic E-state index is 0.0424. The molecule has 0 saturated heterocycles. The summed E-state index contributed by atoms with van der Waals surface area (Å²) >= 11 is 0. The maximum absolute atomic E-state index is 13.8. The number of pyridine rings is 1. The number of methoxy groups -OCH3 is 1. The zero-order valence-corrected chi connectivity index (χ0v) is 35.9. The second kappa shape index (κ2) is 20.7. The summed E-state index contributed by atoms with van der Waals surface area (Å²) in [5, 5.41) is 20.0. The van der Waals surface area contributed by atoms with Crippen LogP contribution in [0.3, 0.4) is 0 Å². The average Bonchev–Trinajstić information content (AvgIpc) is 3.81. The maximum atomic E-state index is 13.8. The van der Waals surface area contributed by atoms with Crippen LogP contribution in [0.2, 0.25) is 0 Å². The summed E-state index contributed by atoms with van der Waals surface area (Å²) in [6.07, 6.45) is 7.52. The smallest absolute Gasteiger partial charge is 0.253 e. The van der Waals surface area contributed by atoms with Gasteiger partial charge in [-0.1, -0.05) is 38.5 Å². The summed E-state index contributed by atoms with van der Waals surface area (Å²) in [6, 6.07) is 11.7. The highest BCUT2D eigenvalue weighted by atomic mass is 16.7. The normalized spacial score (nSPS) is 18.1. The number of aliphatic hydroxyl groups is 1. The van der Waals surface area contributed by atoms with Crippen molar-refractivity contribution in [1.82, 2.24) is 25.4 Å². The molecule has 3 aliphatic heterocycles. The lowest BCUT2D eigenvalue weighted by Crippen LogP contribution is -2.51. The fourth-order valence-electron chi connectivity index (χ4n) is 8.06. The summed E-state index contributed by atoms with van der Waals surface area (Å²) in [4.78, 5) is 94.2. The first-order chi connectivity index (χ1) is 30.3. The Morgan fingerprint density at radius 2 is 1.76 bits per heavy atom. The molecule has 0 spiro atoms. The van der Waals surface area contributed by atoms with E-state index in [1.807, 2.05) is 19.1 Å². The predicted octanol–water partition coefficient (Wildman–Crippen LogP) is 3.31. The largest absolute Gasteiger partial charge is 0.468 e. The molecule has 4 atom stereocenters. The fraction of sp³-hybridized carbons (Fsp3) is 0.435. The number of hydrogen-bond donors (Lipinski definition) is 4. The molecule has 3 aromatic rings. The molecular weight excluding hydrogens is 813 g/mol. The number of imide groups is 1. The summed E-state index contributed by atoms with van der Waals surface area (Å²) in [5.41, 5.74) is 3.52. The highest BCUT2D eigenvalue weighted by Gasteiger charge is 2.49. The predicted molar refractivity (Wildman–Crippen MR) is 230 cm³/mol. The molecule has 0 bridgehead atoms. The molecule has 4 heterocycles. The van der Waals surface area contributed by atoms with Crippen LogP contribution in [0.25, 0.3) is 16.6 Å². The number of aryl methyl sites for hydroxylation is 1. The van der Waals surface area contributed by atoms with E-state index < -0.39 is 35.3 Å². The molecule has 6 amide bonds. The highest BCUT2D eigenvalue weighted by molar-refractivity contribution is 6.12. The van der Waals surface area contributed by atoms with Crippen molar-refractivity contribution in [1.29, 1.82) is 0 Å². The number of aromatic nitrogens is 1. The number of benzene rings is 2. The lowest BCUT2D eigenvalue weighted by Gasteiger charge is -2.39. The van der Waals surface area contributed by atoms with E-state index in [0.717, 1.165) is 27.0 Å². The van der Waals surface area contributed by atoms with Gasteiger partial charge in [-0.15, -0.1) is 0 Å². The van der Waals surface area contributed by atoms with Gasteiger partial charge in [0.1, 0.15) is 17.4 Å². The number of nitrogens with one attached hydrogen (secondary N) is 3. The van der Waals surface area contributed by atoms with E-state index in [4.69, 9.17) is 19.2 Å². The summed E-state index contributed by atoms with van der Waals surface area (Å²) < 4.78 is 17.1. The monoisotopic (exact) mass is 866 g/mol. The molecule has 63 heavy (non-hydrogen) atoms. The van der Waals surface area contributed by atoms with Crippen molar-refractivity contribution in [2.75, 3.05) is 38.9 Å². The lowest BCUT2D eigenvalue weighted by atomic mass is 9.74. The van der Waals surface area contributed by atoms with Crippen molar-refractivity contribution in [2.45, 2.75) is 84.1 Å². The minimum Gasteiger partial charge on any atom is -0.468 e. The number of fused-ring (bicyclic) bond motifs is 4. The number of nitrogens with zero attached hydrogens (tertiary/aromatic N) is 3. The zero-order chi connectivity index (χ0) is 45.3. The Morgan fingerprint density at radius 1 is 1.02 bits per heavy atom. The van der Waals surface area contributed by atoms with Crippen LogP contribution < -0.4 is 20.7 Å². The van der Waals surface area contributed by atoms with Crippen molar-refractivity contribution >= 4 is 64.0 Å². The Kier molecular flexibility index (Phi) is 15.2. The molecular formula is C46H54N6O11. The number of aldehydes is 1. The molecule has 0 fully saturated rings. The Morgan fingerprint density at radius 3 is 2.44 bits per heavy atom. The van der Waals surface area contributed by atoms with E-state index >= 15 is 0 Å².